The number of nitrogens with zero attached hydrogens (tertiary/aromatic N) is 3. The minimum atomic E-state index is -1.12. The lowest BCUT2D eigenvalue weighted by Gasteiger charge is -2.27. The van der Waals surface area contributed by atoms with Crippen molar-refractivity contribution in [1.29, 1.82) is 0 Å². The van der Waals surface area contributed by atoms with Crippen LogP contribution in [0.3, 0.4) is 0 Å². The van der Waals surface area contributed by atoms with Crippen molar-refractivity contribution in [2.24, 2.45) is 5.41 Å². The summed E-state index contributed by atoms with van der Waals surface area (Å²) in [5, 5.41) is 31.0. The van der Waals surface area contributed by atoms with E-state index in [2.05, 4.69) is 32.5 Å². The summed E-state index contributed by atoms with van der Waals surface area (Å²) in [6.07, 6.45) is 0.838. The Kier molecular flexibility index (Phi) is 3.52. The summed E-state index contributed by atoms with van der Waals surface area (Å²) < 4.78 is 2.39. The highest BCUT2D eigenvalue weighted by Crippen LogP contribution is 2.49. The third kappa shape index (κ3) is 1.84. The van der Waals surface area contributed by atoms with Crippen molar-refractivity contribution in [2.75, 3.05) is 12.3 Å². The van der Waals surface area contributed by atoms with E-state index in [0.717, 1.165) is 0 Å². The summed E-state index contributed by atoms with van der Waals surface area (Å²) >= 11 is 3.41. The second kappa shape index (κ2) is 5.02. The second-order valence-corrected chi connectivity index (χ2v) is 6.68. The van der Waals surface area contributed by atoms with E-state index in [9.17, 15) is 15.3 Å². The molecule has 4 atom stereocenters. The molecule has 2 aromatic heterocycles. The van der Waals surface area contributed by atoms with Gasteiger partial charge in [-0.3, -0.25) is 0 Å². The molecule has 1 aliphatic carbocycles. The Balaban J connectivity index is 2.21. The lowest BCUT2D eigenvalue weighted by atomic mass is 9.84. The summed E-state index contributed by atoms with van der Waals surface area (Å²) in [6, 6.07) is -0.616. The van der Waals surface area contributed by atoms with Crippen LogP contribution in [0.5, 0.6) is 0 Å². The largest absolute Gasteiger partial charge is 0.395 e. The van der Waals surface area contributed by atoms with Gasteiger partial charge < -0.3 is 25.6 Å². The number of nitrogens with two attached hydrogens (primary N) is 1. The fourth-order valence-electron chi connectivity index (χ4n) is 3.09. The molecule has 7 nitrogen and oxygen atoms in total. The minimum Gasteiger partial charge on any atom is -0.395 e. The van der Waals surface area contributed by atoms with Crippen LogP contribution in [0.4, 0.5) is 5.82 Å². The molecule has 0 aromatic carbocycles. The number of aromatic nitrogens is 3. The van der Waals surface area contributed by atoms with E-state index in [0.29, 0.717) is 26.9 Å². The quantitative estimate of drug-likeness (QED) is 0.576. The maximum absolute atomic E-state index is 10.5. The molecule has 3 rings (SSSR count). The van der Waals surface area contributed by atoms with Crippen LogP contribution in [0.15, 0.2) is 29.1 Å². The molecular formula is C14H17BrN4O3. The smallest absolute Gasteiger partial charge is 0.147 e. The maximum Gasteiger partial charge on any atom is 0.147 e. The normalized spacial score (nSPS) is 32.0. The Morgan fingerprint density at radius 3 is 2.73 bits per heavy atom. The fourth-order valence-corrected chi connectivity index (χ4v) is 3.69. The molecule has 0 unspecified atom stereocenters. The molecule has 0 radical (unpaired) electrons. The van der Waals surface area contributed by atoms with Crippen LogP contribution in [0.25, 0.3) is 11.0 Å². The predicted octanol–water partition coefficient (Wildman–Crippen LogP) is 0.607. The number of fused-ring (bicyclic) bond motifs is 1. The molecule has 2 aromatic rings. The number of hydrogen-bond donors (Lipinski definition) is 4. The SMILES string of the molecule is C=C1[C@@H](n2cc(Br)c3c(N)ncnc32)[C@H](O)[C@H](O)[C@@]1(C)CO. The Hall–Kier alpha value is -1.48. The molecule has 0 bridgehead atoms. The van der Waals surface area contributed by atoms with Crippen LogP contribution < -0.4 is 5.73 Å². The van der Waals surface area contributed by atoms with Crippen molar-refractivity contribution in [1.82, 2.24) is 14.5 Å². The predicted molar refractivity (Wildman–Crippen MR) is 85.0 cm³/mol. The molecule has 22 heavy (non-hydrogen) atoms. The molecule has 1 aliphatic rings. The van der Waals surface area contributed by atoms with Gasteiger partial charge in [-0.1, -0.05) is 13.5 Å². The number of aliphatic hydroxyl groups is 3. The topological polar surface area (TPSA) is 117 Å². The number of hydrogen-bond acceptors (Lipinski definition) is 6. The van der Waals surface area contributed by atoms with E-state index in [4.69, 9.17) is 5.73 Å². The van der Waals surface area contributed by atoms with Gasteiger partial charge in [-0.2, -0.15) is 0 Å². The van der Waals surface area contributed by atoms with Crippen molar-refractivity contribution >= 4 is 32.8 Å². The monoisotopic (exact) mass is 368 g/mol. The molecule has 5 N–H and O–H groups in total. The summed E-state index contributed by atoms with van der Waals surface area (Å²) in [5.74, 6) is 0.319. The van der Waals surface area contributed by atoms with E-state index in [-0.39, 0.29) is 6.61 Å². The van der Waals surface area contributed by atoms with Gasteiger partial charge in [0.05, 0.1) is 24.1 Å². The Morgan fingerprint density at radius 1 is 1.45 bits per heavy atom. The van der Waals surface area contributed by atoms with Crippen LogP contribution in [-0.4, -0.2) is 48.7 Å². The van der Waals surface area contributed by atoms with E-state index >= 15 is 0 Å². The Morgan fingerprint density at radius 2 is 2.14 bits per heavy atom. The average molecular weight is 369 g/mol. The lowest BCUT2D eigenvalue weighted by molar-refractivity contribution is -0.0359. The van der Waals surface area contributed by atoms with E-state index < -0.39 is 23.7 Å². The Labute approximate surface area is 135 Å². The third-order valence-electron chi connectivity index (χ3n) is 4.61. The summed E-state index contributed by atoms with van der Waals surface area (Å²) in [5.41, 5.74) is 5.96. The van der Waals surface area contributed by atoms with Crippen molar-refractivity contribution in [2.45, 2.75) is 25.2 Å². The zero-order valence-electron chi connectivity index (χ0n) is 11.9. The van der Waals surface area contributed by atoms with Gasteiger partial charge in [-0.15, -0.1) is 0 Å². The minimum absolute atomic E-state index is 0.307. The van der Waals surface area contributed by atoms with Crippen LogP contribution in [0.2, 0.25) is 0 Å². The molecule has 0 aliphatic heterocycles. The molecule has 1 saturated carbocycles. The van der Waals surface area contributed by atoms with Crippen LogP contribution >= 0.6 is 15.9 Å². The molecule has 0 amide bonds. The summed E-state index contributed by atoms with van der Waals surface area (Å²) in [4.78, 5) is 8.18. The van der Waals surface area contributed by atoms with E-state index in [1.54, 1.807) is 17.7 Å². The highest BCUT2D eigenvalue weighted by atomic mass is 79.9. The molecule has 0 spiro atoms. The highest BCUT2D eigenvalue weighted by Gasteiger charge is 2.53. The van der Waals surface area contributed by atoms with E-state index in [1.165, 1.54) is 6.33 Å². The molecule has 2 heterocycles. The lowest BCUT2D eigenvalue weighted by Crippen LogP contribution is -2.37. The molecule has 118 valence electrons. The molecular weight excluding hydrogens is 352 g/mol. The van der Waals surface area contributed by atoms with Crippen LogP contribution in [0, 0.1) is 5.41 Å². The first-order chi connectivity index (χ1) is 10.3. The number of nitrogen functional groups attached to an aromatic ring is 1. The van der Waals surface area contributed by atoms with Crippen molar-refractivity contribution < 1.29 is 15.3 Å². The van der Waals surface area contributed by atoms with Crippen molar-refractivity contribution in [3.8, 4) is 0 Å². The fraction of sp³-hybridized carbons (Fsp3) is 0.429. The number of rotatable bonds is 2. The molecule has 8 heteroatoms. The Bertz CT molecular complexity index is 762. The average Bonchev–Trinajstić information content (AvgIpc) is 2.90. The van der Waals surface area contributed by atoms with Gasteiger partial charge >= 0.3 is 0 Å². The maximum atomic E-state index is 10.5. The second-order valence-electron chi connectivity index (χ2n) is 5.82. The van der Waals surface area contributed by atoms with Gasteiger partial charge in [0.25, 0.3) is 0 Å². The molecule has 0 saturated heterocycles. The molecule has 1 fully saturated rings. The van der Waals surface area contributed by atoms with Gasteiger partial charge in [0.15, 0.2) is 0 Å². The van der Waals surface area contributed by atoms with Crippen molar-refractivity contribution in [3.05, 3.63) is 29.1 Å². The number of aliphatic hydroxyl groups excluding tert-OH is 3. The number of halogens is 1. The van der Waals surface area contributed by atoms with Crippen molar-refractivity contribution in [3.63, 3.8) is 0 Å². The zero-order chi connectivity index (χ0) is 16.2. The van der Waals surface area contributed by atoms with Gasteiger partial charge in [0.2, 0.25) is 0 Å². The van der Waals surface area contributed by atoms with Gasteiger partial charge in [0, 0.05) is 16.1 Å². The summed E-state index contributed by atoms with van der Waals surface area (Å²) in [7, 11) is 0. The van der Waals surface area contributed by atoms with Gasteiger partial charge in [0.1, 0.15) is 23.9 Å². The first-order valence-corrected chi connectivity index (χ1v) is 7.55. The van der Waals surface area contributed by atoms with Gasteiger partial charge in [-0.05, 0) is 21.5 Å². The van der Waals surface area contributed by atoms with Crippen LogP contribution in [-0.2, 0) is 0 Å². The van der Waals surface area contributed by atoms with Crippen LogP contribution in [0.1, 0.15) is 13.0 Å². The van der Waals surface area contributed by atoms with E-state index in [1.807, 2.05) is 0 Å². The first kappa shape index (κ1) is 15.4. The van der Waals surface area contributed by atoms with Gasteiger partial charge in [-0.25, -0.2) is 9.97 Å². The zero-order valence-corrected chi connectivity index (χ0v) is 13.5. The third-order valence-corrected chi connectivity index (χ3v) is 5.21. The summed E-state index contributed by atoms with van der Waals surface area (Å²) in [6.45, 7) is 5.35. The first-order valence-electron chi connectivity index (χ1n) is 6.75. The standard InChI is InChI=1S/C14H17BrN4O3/c1-6-9(10(21)11(22)14(6,2)4-20)19-3-7(15)8-12(16)17-5-18-13(8)19/h3,5,9-11,20-22H,1,4H2,2H3,(H2,16,17,18)/t9-,10+,11+,14+/m1/s1. The number of anilines is 1. The highest BCUT2D eigenvalue weighted by molar-refractivity contribution is 9.10.